The van der Waals surface area contributed by atoms with E-state index in [0.717, 1.165) is 0 Å². The quantitative estimate of drug-likeness (QED) is 0.0487. The van der Waals surface area contributed by atoms with Crippen molar-refractivity contribution in [2.45, 2.75) is 101 Å². The van der Waals surface area contributed by atoms with Gasteiger partial charge in [0.1, 0.15) is 30.2 Å². The highest BCUT2D eigenvalue weighted by Gasteiger charge is 2.32. The second-order valence-corrected chi connectivity index (χ2v) is 16.7. The standard InChI is InChI=1S/C43H64N10O9S/c1-26(2)22-32(42(61)49-30(38(46)57)20-21-63-5)48-36(55)25-47-40(59)33(23-27-12-8-6-9-13-27)51-43(62)34(24-28-14-10-7-11-15-28)52-41(60)31(17-19-37(56)53(3)4)50-39(58)29(44)16-18-35(45)54/h6-15,26,29-34H,16-25,44H2,1-5H3,(H2,45,54)(H2,46,57)(H,47,59)(H,48,55)(H,49,61)(H,50,58)(H,51,62)(H,52,60)/t29-,30-,31-,32-,33-,34-/m0/s1. The Morgan fingerprint density at radius 1 is 0.603 bits per heavy atom. The van der Waals surface area contributed by atoms with Gasteiger partial charge in [-0.3, -0.25) is 43.2 Å². The Morgan fingerprint density at radius 3 is 1.59 bits per heavy atom. The highest BCUT2D eigenvalue weighted by molar-refractivity contribution is 7.98. The lowest BCUT2D eigenvalue weighted by molar-refractivity contribution is -0.135. The molecule has 0 aliphatic carbocycles. The SMILES string of the molecule is CSCC[C@H](NC(=O)[C@H](CC(C)C)NC(=O)CNC(=O)[C@H](Cc1ccccc1)NC(=O)[C@H](Cc1ccccc1)NC(=O)[C@H](CCC(=O)N(C)C)NC(=O)[C@@H](N)CCC(N)=O)C(N)=O. The molecule has 63 heavy (non-hydrogen) atoms. The lowest BCUT2D eigenvalue weighted by Gasteiger charge is -2.26. The van der Waals surface area contributed by atoms with E-state index in [1.54, 1.807) is 60.7 Å². The molecule has 2 rings (SSSR count). The van der Waals surface area contributed by atoms with Gasteiger partial charge in [0.25, 0.3) is 0 Å². The lowest BCUT2D eigenvalue weighted by Crippen LogP contribution is -2.59. The predicted molar refractivity (Wildman–Crippen MR) is 239 cm³/mol. The molecule has 12 N–H and O–H groups in total. The Balaban J connectivity index is 2.36. The molecule has 0 heterocycles. The molecule has 0 aromatic heterocycles. The largest absolute Gasteiger partial charge is 0.370 e. The second kappa shape index (κ2) is 27.8. The van der Waals surface area contributed by atoms with Crippen molar-refractivity contribution in [3.8, 4) is 0 Å². The van der Waals surface area contributed by atoms with Crippen LogP contribution in [-0.4, -0.2) is 127 Å². The van der Waals surface area contributed by atoms with Gasteiger partial charge >= 0.3 is 0 Å². The van der Waals surface area contributed by atoms with Crippen molar-refractivity contribution in [3.63, 3.8) is 0 Å². The summed E-state index contributed by atoms with van der Waals surface area (Å²) in [4.78, 5) is 119. The van der Waals surface area contributed by atoms with Crippen LogP contribution >= 0.6 is 11.8 Å². The molecular formula is C43H64N10O9S. The fourth-order valence-corrected chi connectivity index (χ4v) is 6.63. The van der Waals surface area contributed by atoms with Crippen LogP contribution in [0.15, 0.2) is 60.7 Å². The van der Waals surface area contributed by atoms with Crippen LogP contribution in [0.4, 0.5) is 0 Å². The van der Waals surface area contributed by atoms with Gasteiger partial charge in [0.2, 0.25) is 53.2 Å². The van der Waals surface area contributed by atoms with Crippen LogP contribution in [0.1, 0.15) is 63.5 Å². The van der Waals surface area contributed by atoms with E-state index in [1.807, 2.05) is 20.1 Å². The van der Waals surface area contributed by atoms with E-state index in [-0.39, 0.29) is 56.8 Å². The van der Waals surface area contributed by atoms with E-state index < -0.39 is 90.1 Å². The van der Waals surface area contributed by atoms with Gasteiger partial charge in [-0.05, 0) is 54.7 Å². The Bertz CT molecular complexity index is 1850. The van der Waals surface area contributed by atoms with Crippen LogP contribution in [0.3, 0.4) is 0 Å². The molecule has 2 aromatic rings. The number of hydrogen-bond acceptors (Lipinski definition) is 11. The Labute approximate surface area is 372 Å². The molecule has 0 saturated heterocycles. The molecule has 20 heteroatoms. The summed E-state index contributed by atoms with van der Waals surface area (Å²) in [5.74, 6) is -5.63. The number of primary amides is 2. The summed E-state index contributed by atoms with van der Waals surface area (Å²) in [5, 5.41) is 15.7. The Kier molecular flexibility index (Phi) is 23.5. The molecule has 0 aliphatic heterocycles. The summed E-state index contributed by atoms with van der Waals surface area (Å²) in [6.07, 6.45) is 1.70. The number of nitrogens with zero attached hydrogens (tertiary/aromatic N) is 1. The first-order valence-corrected chi connectivity index (χ1v) is 22.1. The van der Waals surface area contributed by atoms with E-state index in [9.17, 15) is 43.2 Å². The third-order valence-electron chi connectivity index (χ3n) is 9.70. The summed E-state index contributed by atoms with van der Waals surface area (Å²) < 4.78 is 0. The number of carbonyl (C=O) groups is 9. The van der Waals surface area contributed by atoms with E-state index in [4.69, 9.17) is 17.2 Å². The molecular weight excluding hydrogens is 833 g/mol. The third kappa shape index (κ3) is 20.6. The topological polar surface area (TPSA) is 307 Å². The molecule has 19 nitrogen and oxygen atoms in total. The van der Waals surface area contributed by atoms with Crippen LogP contribution in [0.25, 0.3) is 0 Å². The lowest BCUT2D eigenvalue weighted by atomic mass is 10.0. The third-order valence-corrected chi connectivity index (χ3v) is 10.3. The fourth-order valence-electron chi connectivity index (χ4n) is 6.16. The maximum Gasteiger partial charge on any atom is 0.243 e. The monoisotopic (exact) mass is 896 g/mol. The predicted octanol–water partition coefficient (Wildman–Crippen LogP) is -1.24. The molecule has 0 saturated carbocycles. The molecule has 6 atom stereocenters. The van der Waals surface area contributed by atoms with Gasteiger partial charge in [-0.1, -0.05) is 74.5 Å². The molecule has 346 valence electrons. The fraction of sp³-hybridized carbons (Fsp3) is 0.512. The highest BCUT2D eigenvalue weighted by Crippen LogP contribution is 2.11. The number of benzene rings is 2. The Hall–Kier alpha value is -6.02. The van der Waals surface area contributed by atoms with Gasteiger partial charge in [-0.25, -0.2) is 0 Å². The van der Waals surface area contributed by atoms with Crippen molar-refractivity contribution in [1.82, 2.24) is 36.8 Å². The van der Waals surface area contributed by atoms with E-state index >= 15 is 0 Å². The summed E-state index contributed by atoms with van der Waals surface area (Å²) in [6, 6.07) is 10.3. The van der Waals surface area contributed by atoms with Gasteiger partial charge in [-0.15, -0.1) is 0 Å². The molecule has 0 unspecified atom stereocenters. The number of rotatable bonds is 28. The van der Waals surface area contributed by atoms with Crippen LogP contribution < -0.4 is 49.1 Å². The van der Waals surface area contributed by atoms with E-state index in [0.29, 0.717) is 23.3 Å². The normalized spacial score (nSPS) is 13.8. The zero-order chi connectivity index (χ0) is 47.1. The van der Waals surface area contributed by atoms with Crippen LogP contribution in [0.5, 0.6) is 0 Å². The van der Waals surface area contributed by atoms with Gasteiger partial charge in [-0.2, -0.15) is 11.8 Å². The van der Waals surface area contributed by atoms with Crippen molar-refractivity contribution >= 4 is 64.9 Å². The number of amides is 9. The van der Waals surface area contributed by atoms with Crippen molar-refractivity contribution in [1.29, 1.82) is 0 Å². The number of carbonyl (C=O) groups excluding carboxylic acids is 9. The average molecular weight is 897 g/mol. The van der Waals surface area contributed by atoms with Crippen LogP contribution in [0, 0.1) is 5.92 Å². The summed E-state index contributed by atoms with van der Waals surface area (Å²) in [5.41, 5.74) is 18.0. The van der Waals surface area contributed by atoms with Gasteiger partial charge < -0.3 is 54.0 Å². The van der Waals surface area contributed by atoms with E-state index in [1.165, 1.54) is 30.8 Å². The number of nitrogens with one attached hydrogen (secondary N) is 6. The molecule has 0 spiro atoms. The maximum atomic E-state index is 14.2. The average Bonchev–Trinajstić information content (AvgIpc) is 3.23. The minimum Gasteiger partial charge on any atom is -0.370 e. The number of nitrogens with two attached hydrogens (primary N) is 3. The molecule has 0 fully saturated rings. The van der Waals surface area contributed by atoms with Crippen molar-refractivity contribution < 1.29 is 43.2 Å². The van der Waals surface area contributed by atoms with Crippen molar-refractivity contribution in [2.75, 3.05) is 32.6 Å². The van der Waals surface area contributed by atoms with Crippen molar-refractivity contribution in [3.05, 3.63) is 71.8 Å². The van der Waals surface area contributed by atoms with Gasteiger partial charge in [0.05, 0.1) is 12.6 Å². The Morgan fingerprint density at radius 2 is 1.10 bits per heavy atom. The van der Waals surface area contributed by atoms with E-state index in [2.05, 4.69) is 31.9 Å². The molecule has 0 bridgehead atoms. The number of thioether (sulfide) groups is 1. The molecule has 2 aromatic carbocycles. The summed E-state index contributed by atoms with van der Waals surface area (Å²) in [7, 11) is 3.06. The highest BCUT2D eigenvalue weighted by atomic mass is 32.2. The van der Waals surface area contributed by atoms with Gasteiger partial charge in [0, 0.05) is 39.8 Å². The van der Waals surface area contributed by atoms with Crippen molar-refractivity contribution in [2.24, 2.45) is 23.1 Å². The first kappa shape index (κ1) is 53.1. The summed E-state index contributed by atoms with van der Waals surface area (Å²) in [6.45, 7) is 3.13. The first-order chi connectivity index (χ1) is 29.8. The zero-order valence-electron chi connectivity index (χ0n) is 36.6. The minimum absolute atomic E-state index is 0.0243. The van der Waals surface area contributed by atoms with Crippen LogP contribution in [-0.2, 0) is 56.0 Å². The minimum atomic E-state index is -1.34. The molecule has 0 aliphatic rings. The first-order valence-electron chi connectivity index (χ1n) is 20.7. The van der Waals surface area contributed by atoms with Crippen LogP contribution in [0.2, 0.25) is 0 Å². The zero-order valence-corrected chi connectivity index (χ0v) is 37.5. The number of hydrogen-bond donors (Lipinski definition) is 9. The smallest absolute Gasteiger partial charge is 0.243 e. The summed E-state index contributed by atoms with van der Waals surface area (Å²) >= 11 is 1.48. The second-order valence-electron chi connectivity index (χ2n) is 15.7. The molecule has 9 amide bonds. The maximum absolute atomic E-state index is 14.2. The van der Waals surface area contributed by atoms with Gasteiger partial charge in [0.15, 0.2) is 0 Å². The molecule has 0 radical (unpaired) electrons.